The summed E-state index contributed by atoms with van der Waals surface area (Å²) < 4.78 is 52.4. The van der Waals surface area contributed by atoms with Gasteiger partial charge in [0.25, 0.3) is 0 Å². The summed E-state index contributed by atoms with van der Waals surface area (Å²) in [5.41, 5.74) is 1.19. The summed E-state index contributed by atoms with van der Waals surface area (Å²) in [5, 5.41) is 34.6. The number of rotatable bonds is 26. The van der Waals surface area contributed by atoms with Crippen LogP contribution in [0.2, 0.25) is 0 Å². The highest BCUT2D eigenvalue weighted by molar-refractivity contribution is 6.26. The Morgan fingerprint density at radius 3 is 1.01 bits per heavy atom. The molecule has 1 heterocycles. The molecule has 0 atom stereocenters. The molecule has 0 aliphatic heterocycles. The maximum absolute atomic E-state index is 11.5. The third-order valence-electron chi connectivity index (χ3n) is 12.6. The van der Waals surface area contributed by atoms with Crippen LogP contribution in [0.5, 0.6) is 87.0 Å². The second-order valence-corrected chi connectivity index (χ2v) is 18.5. The number of nitrogens with zero attached hydrogens (tertiary/aromatic N) is 3. The quantitative estimate of drug-likeness (QED) is 0.0261. The Labute approximate surface area is 476 Å². The van der Waals surface area contributed by atoms with Gasteiger partial charge in [-0.1, -0.05) is 36.4 Å². The number of carbonyl (C=O) groups excluding carboxylic acids is 2. The second-order valence-electron chi connectivity index (χ2n) is 18.5. The molecule has 0 unspecified atom stereocenters. The van der Waals surface area contributed by atoms with Crippen molar-refractivity contribution in [1.29, 1.82) is 0 Å². The molecule has 0 amide bonds. The van der Waals surface area contributed by atoms with Crippen LogP contribution in [0.3, 0.4) is 0 Å². The van der Waals surface area contributed by atoms with Crippen molar-refractivity contribution in [3.63, 3.8) is 0 Å². The van der Waals surface area contributed by atoms with Crippen LogP contribution in [-0.2, 0) is 0 Å². The first-order valence-electron chi connectivity index (χ1n) is 26.6. The number of hydrogen-bond acceptors (Lipinski definition) is 17. The Morgan fingerprint density at radius 2 is 0.627 bits per heavy atom. The topological polar surface area (TPSA) is 217 Å². The van der Waals surface area contributed by atoms with Crippen molar-refractivity contribution in [3.8, 4) is 87.0 Å². The van der Waals surface area contributed by atoms with Crippen LogP contribution in [0.15, 0.2) is 194 Å². The smallest absolute Gasteiger partial charge is 0.331 e. The number of benzene rings is 10. The van der Waals surface area contributed by atoms with E-state index in [1.54, 1.807) is 146 Å². The van der Waals surface area contributed by atoms with Crippen LogP contribution in [-0.4, -0.2) is 82.5 Å². The van der Waals surface area contributed by atoms with Crippen LogP contribution in [0.4, 0.5) is 0 Å². The van der Waals surface area contributed by atoms with E-state index in [-0.39, 0.29) is 35.3 Å². The molecule has 418 valence electrons. The molecule has 17 heteroatoms. The highest BCUT2D eigenvalue weighted by Crippen LogP contribution is 2.40. The lowest BCUT2D eigenvalue weighted by Crippen LogP contribution is -2.05. The SMILES string of the molecule is O=Cc1ccc(Oc2nc(Oc3ccc(OCCCOc4ccc(O)cc4)cc3)nc(Oc3ccc(OCCCOc4ccc(O)cc4)cc3)n2)cc1.O=Cc1ccc2ccc3c(OCCCOc4ccc(O)cc4)ccc4ccc1c2c43. The average molecular weight is 1110 g/mol. The molecule has 0 spiro atoms. The zero-order valence-corrected chi connectivity index (χ0v) is 44.7. The third kappa shape index (κ3) is 15.3. The van der Waals surface area contributed by atoms with Crippen molar-refractivity contribution < 1.29 is 67.5 Å². The van der Waals surface area contributed by atoms with E-state index < -0.39 is 0 Å². The number of aromatic hydroxyl groups is 3. The number of hydrogen-bond donors (Lipinski definition) is 3. The molecule has 0 aliphatic carbocycles. The molecule has 1 aromatic heterocycles. The van der Waals surface area contributed by atoms with E-state index in [4.69, 9.17) is 42.6 Å². The molecule has 11 aromatic rings. The van der Waals surface area contributed by atoms with Gasteiger partial charge in [-0.3, -0.25) is 9.59 Å². The van der Waals surface area contributed by atoms with Crippen LogP contribution >= 0.6 is 0 Å². The minimum absolute atomic E-state index is 0.0796. The fraction of sp³-hybridized carbons (Fsp3) is 0.136. The minimum Gasteiger partial charge on any atom is -0.508 e. The Hall–Kier alpha value is -10.8. The first kappa shape index (κ1) is 55.5. The second kappa shape index (κ2) is 27.4. The van der Waals surface area contributed by atoms with Gasteiger partial charge in [0.15, 0.2) is 6.29 Å². The average Bonchev–Trinajstić information content (AvgIpc) is 3.20. The highest BCUT2D eigenvalue weighted by Gasteiger charge is 2.16. The van der Waals surface area contributed by atoms with Crippen molar-refractivity contribution in [3.05, 3.63) is 205 Å². The van der Waals surface area contributed by atoms with Gasteiger partial charge in [0, 0.05) is 41.2 Å². The van der Waals surface area contributed by atoms with Crippen LogP contribution < -0.4 is 42.6 Å². The Kier molecular flexibility index (Phi) is 18.3. The van der Waals surface area contributed by atoms with E-state index in [1.807, 2.05) is 24.3 Å². The molecule has 83 heavy (non-hydrogen) atoms. The van der Waals surface area contributed by atoms with E-state index >= 15 is 0 Å². The monoisotopic (exact) mass is 1110 g/mol. The summed E-state index contributed by atoms with van der Waals surface area (Å²) in [7, 11) is 0. The van der Waals surface area contributed by atoms with Gasteiger partial charge in [0.2, 0.25) is 0 Å². The lowest BCUT2D eigenvalue weighted by Gasteiger charge is -2.15. The van der Waals surface area contributed by atoms with E-state index in [2.05, 4.69) is 39.2 Å². The van der Waals surface area contributed by atoms with E-state index in [1.165, 1.54) is 0 Å². The van der Waals surface area contributed by atoms with Gasteiger partial charge < -0.3 is 58.0 Å². The summed E-state index contributed by atoms with van der Waals surface area (Å²) in [6.07, 6.45) is 3.69. The zero-order chi connectivity index (χ0) is 57.2. The first-order chi connectivity index (χ1) is 40.7. The van der Waals surface area contributed by atoms with E-state index in [0.29, 0.717) is 104 Å². The summed E-state index contributed by atoms with van der Waals surface area (Å²) in [6, 6.07) is 56.1. The highest BCUT2D eigenvalue weighted by atomic mass is 16.5. The molecule has 0 radical (unpaired) electrons. The Morgan fingerprint density at radius 1 is 0.313 bits per heavy atom. The number of carbonyl (C=O) groups is 2. The molecule has 17 nitrogen and oxygen atoms in total. The lowest BCUT2D eigenvalue weighted by atomic mass is 9.92. The molecule has 0 bridgehead atoms. The minimum atomic E-state index is -0.0900. The maximum atomic E-state index is 11.5. The standard InChI is InChI=1S/C40H35N3O10.C26H20O4/c44-27-28-3-9-35(10-4-28)51-38-41-39(52-36-19-15-33(16-20-36)49-25-1-23-47-31-11-5-29(45)6-12-31)43-40(42-38)53-37-21-17-34(18-22-37)50-26-2-24-48-32-13-7-30(46)8-14-32;27-16-19-3-2-17-5-12-23-24(13-6-18-4-11-22(19)25(17)26(18)23)30-15-1-14-29-21-9-7-20(28)8-10-21/h3-22,27,45-46H,1-2,23-26H2;2-13,16,28H,1,14-15H2. The van der Waals surface area contributed by atoms with Gasteiger partial charge in [0.05, 0.1) is 39.6 Å². The lowest BCUT2D eigenvalue weighted by molar-refractivity contribution is 0.111. The van der Waals surface area contributed by atoms with Gasteiger partial charge in [-0.15, -0.1) is 15.0 Å². The van der Waals surface area contributed by atoms with Crippen molar-refractivity contribution in [1.82, 2.24) is 15.0 Å². The Bertz CT molecular complexity index is 3750. The third-order valence-corrected chi connectivity index (χ3v) is 12.6. The molecule has 0 saturated heterocycles. The van der Waals surface area contributed by atoms with Crippen molar-refractivity contribution in [2.75, 3.05) is 39.6 Å². The molecule has 0 fully saturated rings. The molecule has 11 rings (SSSR count). The van der Waals surface area contributed by atoms with E-state index in [9.17, 15) is 24.9 Å². The predicted octanol–water partition coefficient (Wildman–Crippen LogP) is 14.1. The largest absolute Gasteiger partial charge is 0.508 e. The molecule has 0 aliphatic rings. The summed E-state index contributed by atoms with van der Waals surface area (Å²) >= 11 is 0. The number of phenols is 3. The number of ether oxygens (including phenoxy) is 9. The van der Waals surface area contributed by atoms with Gasteiger partial charge in [0.1, 0.15) is 75.3 Å². The van der Waals surface area contributed by atoms with Crippen molar-refractivity contribution in [2.24, 2.45) is 0 Å². The number of aldehydes is 2. The van der Waals surface area contributed by atoms with Gasteiger partial charge in [-0.05, 0) is 179 Å². The first-order valence-corrected chi connectivity index (χ1v) is 26.6. The maximum Gasteiger partial charge on any atom is 0.331 e. The van der Waals surface area contributed by atoms with Gasteiger partial charge in [-0.25, -0.2) is 0 Å². The Balaban J connectivity index is 0.000000215. The summed E-state index contributed by atoms with van der Waals surface area (Å²) in [6.45, 7) is 2.84. The normalized spacial score (nSPS) is 10.8. The summed E-state index contributed by atoms with van der Waals surface area (Å²) in [4.78, 5) is 35.5. The van der Waals surface area contributed by atoms with Crippen LogP contribution in [0.25, 0.3) is 32.3 Å². The zero-order valence-electron chi connectivity index (χ0n) is 44.7. The molecule has 3 N–H and O–H groups in total. The molecular formula is C66H55N3O14. The van der Waals surface area contributed by atoms with Crippen LogP contribution in [0.1, 0.15) is 40.0 Å². The molecule has 10 aromatic carbocycles. The van der Waals surface area contributed by atoms with E-state index in [0.717, 1.165) is 62.8 Å². The fourth-order valence-electron chi connectivity index (χ4n) is 8.56. The predicted molar refractivity (Wildman–Crippen MR) is 311 cm³/mol. The molecule has 0 saturated carbocycles. The van der Waals surface area contributed by atoms with Gasteiger partial charge in [-0.2, -0.15) is 0 Å². The van der Waals surface area contributed by atoms with Crippen molar-refractivity contribution >= 4 is 44.9 Å². The molecular weight excluding hydrogens is 1060 g/mol. The van der Waals surface area contributed by atoms with Crippen molar-refractivity contribution in [2.45, 2.75) is 19.3 Å². The fourth-order valence-corrected chi connectivity index (χ4v) is 8.56. The number of phenolic OH excluding ortho intramolecular Hbond substituents is 3. The number of aromatic nitrogens is 3. The summed E-state index contributed by atoms with van der Waals surface area (Å²) in [5.74, 6) is 6.02. The van der Waals surface area contributed by atoms with Crippen LogP contribution in [0, 0.1) is 0 Å². The van der Waals surface area contributed by atoms with Gasteiger partial charge >= 0.3 is 18.0 Å².